The first-order valence-corrected chi connectivity index (χ1v) is 8.98. The average molecular weight is 392 g/mol. The summed E-state index contributed by atoms with van der Waals surface area (Å²) < 4.78 is 5.42. The van der Waals surface area contributed by atoms with Crippen LogP contribution in [0.5, 0.6) is 11.5 Å². The van der Waals surface area contributed by atoms with Crippen molar-refractivity contribution in [3.63, 3.8) is 0 Å². The Kier molecular flexibility index (Phi) is 6.36. The van der Waals surface area contributed by atoms with Crippen molar-refractivity contribution >= 4 is 17.5 Å². The summed E-state index contributed by atoms with van der Waals surface area (Å²) in [6.45, 7) is 2.57. The van der Waals surface area contributed by atoms with E-state index in [9.17, 15) is 14.7 Å². The molecule has 0 aliphatic carbocycles. The Labute approximate surface area is 167 Å². The molecule has 148 valence electrons. The monoisotopic (exact) mass is 392 g/mol. The molecule has 2 amide bonds. The molecule has 1 aromatic carbocycles. The van der Waals surface area contributed by atoms with E-state index in [1.807, 2.05) is 6.92 Å². The average Bonchev–Trinajstić information content (AvgIpc) is 2.74. The Morgan fingerprint density at radius 3 is 2.34 bits per heavy atom. The Morgan fingerprint density at radius 1 is 0.966 bits per heavy atom. The number of anilines is 1. The zero-order valence-corrected chi connectivity index (χ0v) is 15.8. The minimum atomic E-state index is -0.511. The number of aromatic hydroxyl groups is 1. The molecular formula is C21H20N4O4. The van der Waals surface area contributed by atoms with Crippen LogP contribution in [0.25, 0.3) is 0 Å². The molecule has 2 aromatic heterocycles. The number of aromatic nitrogens is 2. The van der Waals surface area contributed by atoms with Gasteiger partial charge in [0.2, 0.25) is 0 Å². The van der Waals surface area contributed by atoms with Crippen LogP contribution in [-0.4, -0.2) is 33.5 Å². The highest BCUT2D eigenvalue weighted by atomic mass is 16.5. The van der Waals surface area contributed by atoms with Gasteiger partial charge < -0.3 is 20.5 Å². The maximum absolute atomic E-state index is 12.4. The first-order valence-electron chi connectivity index (χ1n) is 8.98. The molecule has 0 saturated heterocycles. The summed E-state index contributed by atoms with van der Waals surface area (Å²) in [4.78, 5) is 32.5. The molecule has 29 heavy (non-hydrogen) atoms. The Balaban J connectivity index is 1.59. The number of nitrogens with one attached hydrogen (secondary N) is 2. The lowest BCUT2D eigenvalue weighted by Gasteiger charge is -2.10. The summed E-state index contributed by atoms with van der Waals surface area (Å²) in [6.07, 6.45) is 2.97. The molecule has 8 heteroatoms. The summed E-state index contributed by atoms with van der Waals surface area (Å²) >= 11 is 0. The standard InChI is InChI=1S/C21H20N4O4/c1-2-29-17-6-4-12-23-19(17)20(27)24-13-14-7-9-15(10-8-14)25-21(28)18-16(26)5-3-11-22-18/h3-12,26H,2,13H2,1H3,(H,24,27)(H,25,28). The largest absolute Gasteiger partial charge is 0.505 e. The molecule has 0 radical (unpaired) electrons. The van der Waals surface area contributed by atoms with Crippen LogP contribution >= 0.6 is 0 Å². The van der Waals surface area contributed by atoms with Gasteiger partial charge in [0.1, 0.15) is 5.75 Å². The summed E-state index contributed by atoms with van der Waals surface area (Å²) in [5.41, 5.74) is 1.56. The van der Waals surface area contributed by atoms with Crippen molar-refractivity contribution in [1.82, 2.24) is 15.3 Å². The van der Waals surface area contributed by atoms with Crippen molar-refractivity contribution in [2.75, 3.05) is 11.9 Å². The third kappa shape index (κ3) is 5.07. The number of ether oxygens (including phenoxy) is 1. The topological polar surface area (TPSA) is 113 Å². The Bertz CT molecular complexity index is 1010. The van der Waals surface area contributed by atoms with Crippen molar-refractivity contribution in [3.05, 3.63) is 77.9 Å². The van der Waals surface area contributed by atoms with Gasteiger partial charge in [0.25, 0.3) is 11.8 Å². The summed E-state index contributed by atoms with van der Waals surface area (Å²) in [5, 5.41) is 15.2. The SMILES string of the molecule is CCOc1cccnc1C(=O)NCc1ccc(NC(=O)c2ncccc2O)cc1. The predicted octanol–water partition coefficient (Wildman–Crippen LogP) is 2.76. The number of hydrogen-bond donors (Lipinski definition) is 3. The van der Waals surface area contributed by atoms with E-state index in [4.69, 9.17) is 4.74 Å². The summed E-state index contributed by atoms with van der Waals surface area (Å²) in [6, 6.07) is 13.3. The zero-order valence-electron chi connectivity index (χ0n) is 15.8. The van der Waals surface area contributed by atoms with Crippen LogP contribution in [0.15, 0.2) is 60.9 Å². The van der Waals surface area contributed by atoms with Gasteiger partial charge in [0.15, 0.2) is 17.1 Å². The van der Waals surface area contributed by atoms with Crippen molar-refractivity contribution in [1.29, 1.82) is 0 Å². The second kappa shape index (κ2) is 9.32. The minimum Gasteiger partial charge on any atom is -0.505 e. The highest BCUT2D eigenvalue weighted by molar-refractivity contribution is 6.04. The fourth-order valence-corrected chi connectivity index (χ4v) is 2.57. The van der Waals surface area contributed by atoms with Gasteiger partial charge >= 0.3 is 0 Å². The first-order chi connectivity index (χ1) is 14.1. The lowest BCUT2D eigenvalue weighted by Crippen LogP contribution is -2.24. The van der Waals surface area contributed by atoms with Gasteiger partial charge in [-0.25, -0.2) is 9.97 Å². The fraction of sp³-hybridized carbons (Fsp3) is 0.143. The maximum Gasteiger partial charge on any atom is 0.278 e. The number of benzene rings is 1. The van der Waals surface area contributed by atoms with Crippen LogP contribution in [0.4, 0.5) is 5.69 Å². The number of pyridine rings is 2. The predicted molar refractivity (Wildman–Crippen MR) is 107 cm³/mol. The molecule has 3 N–H and O–H groups in total. The van der Waals surface area contributed by atoms with E-state index in [1.54, 1.807) is 36.4 Å². The van der Waals surface area contributed by atoms with Crippen LogP contribution in [-0.2, 0) is 6.54 Å². The number of rotatable bonds is 7. The van der Waals surface area contributed by atoms with Gasteiger partial charge in [-0.3, -0.25) is 9.59 Å². The minimum absolute atomic E-state index is 0.0516. The number of amides is 2. The molecule has 0 fully saturated rings. The van der Waals surface area contributed by atoms with E-state index >= 15 is 0 Å². The van der Waals surface area contributed by atoms with Crippen molar-refractivity contribution in [3.8, 4) is 11.5 Å². The number of carbonyl (C=O) groups is 2. The summed E-state index contributed by atoms with van der Waals surface area (Å²) in [5.74, 6) is -0.603. The molecular weight excluding hydrogens is 372 g/mol. The fourth-order valence-electron chi connectivity index (χ4n) is 2.57. The van der Waals surface area contributed by atoms with Crippen LogP contribution in [0, 0.1) is 0 Å². The number of nitrogens with zero attached hydrogens (tertiary/aromatic N) is 2. The lowest BCUT2D eigenvalue weighted by atomic mass is 10.2. The Morgan fingerprint density at radius 2 is 1.66 bits per heavy atom. The molecule has 0 bridgehead atoms. The van der Waals surface area contributed by atoms with Gasteiger partial charge in [-0.05, 0) is 48.9 Å². The summed E-state index contributed by atoms with van der Waals surface area (Å²) in [7, 11) is 0. The molecule has 8 nitrogen and oxygen atoms in total. The second-order valence-electron chi connectivity index (χ2n) is 5.99. The third-order valence-electron chi connectivity index (χ3n) is 3.95. The molecule has 2 heterocycles. The van der Waals surface area contributed by atoms with Gasteiger partial charge in [-0.2, -0.15) is 0 Å². The molecule has 0 aliphatic heterocycles. The van der Waals surface area contributed by atoms with E-state index in [1.165, 1.54) is 24.5 Å². The zero-order chi connectivity index (χ0) is 20.6. The van der Waals surface area contributed by atoms with E-state index in [0.717, 1.165) is 5.56 Å². The van der Waals surface area contributed by atoms with Gasteiger partial charge in [0.05, 0.1) is 6.61 Å². The molecule has 3 aromatic rings. The van der Waals surface area contributed by atoms with Crippen molar-refractivity contribution in [2.45, 2.75) is 13.5 Å². The number of carbonyl (C=O) groups excluding carboxylic acids is 2. The van der Waals surface area contributed by atoms with E-state index in [0.29, 0.717) is 18.0 Å². The highest BCUT2D eigenvalue weighted by Gasteiger charge is 2.14. The molecule has 0 saturated carbocycles. The molecule has 0 unspecified atom stereocenters. The smallest absolute Gasteiger partial charge is 0.278 e. The van der Waals surface area contributed by atoms with Crippen LogP contribution in [0.2, 0.25) is 0 Å². The van der Waals surface area contributed by atoms with Crippen molar-refractivity contribution in [2.24, 2.45) is 0 Å². The molecule has 0 spiro atoms. The van der Waals surface area contributed by atoms with Gasteiger partial charge in [-0.1, -0.05) is 12.1 Å². The number of hydrogen-bond acceptors (Lipinski definition) is 6. The van der Waals surface area contributed by atoms with Crippen LogP contribution < -0.4 is 15.4 Å². The lowest BCUT2D eigenvalue weighted by molar-refractivity contribution is 0.0941. The van der Waals surface area contributed by atoms with Crippen molar-refractivity contribution < 1.29 is 19.4 Å². The van der Waals surface area contributed by atoms with Gasteiger partial charge in [-0.15, -0.1) is 0 Å². The van der Waals surface area contributed by atoms with Crippen LogP contribution in [0.1, 0.15) is 33.5 Å². The normalized spacial score (nSPS) is 10.2. The molecule has 0 aliphatic rings. The highest BCUT2D eigenvalue weighted by Crippen LogP contribution is 2.17. The maximum atomic E-state index is 12.4. The molecule has 3 rings (SSSR count). The second-order valence-corrected chi connectivity index (χ2v) is 5.99. The quantitative estimate of drug-likeness (QED) is 0.570. The third-order valence-corrected chi connectivity index (χ3v) is 3.95. The van der Waals surface area contributed by atoms with E-state index in [2.05, 4.69) is 20.6 Å². The van der Waals surface area contributed by atoms with E-state index in [-0.39, 0.29) is 29.6 Å². The first kappa shape index (κ1) is 19.8. The Hall–Kier alpha value is -3.94. The molecule has 0 atom stereocenters. The van der Waals surface area contributed by atoms with Crippen LogP contribution in [0.3, 0.4) is 0 Å². The van der Waals surface area contributed by atoms with Gasteiger partial charge in [0, 0.05) is 24.6 Å². The van der Waals surface area contributed by atoms with E-state index < -0.39 is 5.91 Å².